The molecule has 6 atom stereocenters. The Morgan fingerprint density at radius 3 is 2.50 bits per heavy atom. The molecule has 1 saturated heterocycles. The van der Waals surface area contributed by atoms with Crippen LogP contribution in [0.1, 0.15) is 59.8 Å². The fourth-order valence-corrected chi connectivity index (χ4v) is 5.81. The number of rotatable bonds is 3. The van der Waals surface area contributed by atoms with Gasteiger partial charge in [0.05, 0.1) is 6.61 Å². The summed E-state index contributed by atoms with van der Waals surface area (Å²) in [7, 11) is 0. The van der Waals surface area contributed by atoms with E-state index in [1.54, 1.807) is 0 Å². The van der Waals surface area contributed by atoms with Gasteiger partial charge in [-0.1, -0.05) is 38.5 Å². The number of nitrogens with one attached hydrogen (secondary N) is 1. The first kappa shape index (κ1) is 22.9. The number of allylic oxidation sites excluding steroid dienone is 3. The molecule has 3 aliphatic rings. The normalized spacial score (nSPS) is 37.7. The maximum absolute atomic E-state index is 13.7. The maximum Gasteiger partial charge on any atom is 0.235 e. The van der Waals surface area contributed by atoms with Gasteiger partial charge in [-0.05, 0) is 43.6 Å². The van der Waals surface area contributed by atoms with E-state index in [9.17, 15) is 24.6 Å². The Morgan fingerprint density at radius 1 is 1.17 bits per heavy atom. The lowest BCUT2D eigenvalue weighted by Crippen LogP contribution is -2.53. The third-order valence-corrected chi connectivity index (χ3v) is 7.31. The molecule has 0 aromatic carbocycles. The number of Topliss-reactive ketones (excluding diaryl/α,β-unsaturated/α-hetero) is 2. The second-order valence-electron chi connectivity index (χ2n) is 9.78. The van der Waals surface area contributed by atoms with Crippen LogP contribution >= 0.6 is 0 Å². The Hall–Kier alpha value is -1.79. The van der Waals surface area contributed by atoms with Crippen LogP contribution < -0.4 is 5.32 Å². The van der Waals surface area contributed by atoms with Crippen molar-refractivity contribution in [3.63, 3.8) is 0 Å². The Labute approximate surface area is 178 Å². The molecule has 3 N–H and O–H groups in total. The summed E-state index contributed by atoms with van der Waals surface area (Å²) in [5.74, 6) is -1.23. The number of aliphatic hydroxyl groups excluding tert-OH is 2. The van der Waals surface area contributed by atoms with Crippen molar-refractivity contribution in [2.45, 2.75) is 71.9 Å². The lowest BCUT2D eigenvalue weighted by atomic mass is 9.54. The van der Waals surface area contributed by atoms with Crippen molar-refractivity contribution in [1.82, 2.24) is 5.32 Å². The molecule has 0 radical (unpaired) electrons. The van der Waals surface area contributed by atoms with E-state index < -0.39 is 17.4 Å². The maximum atomic E-state index is 13.7. The van der Waals surface area contributed by atoms with Gasteiger partial charge in [0.25, 0.3) is 0 Å². The molecule has 1 heterocycles. The Kier molecular flexibility index (Phi) is 6.68. The van der Waals surface area contributed by atoms with Crippen LogP contribution in [0.3, 0.4) is 0 Å². The molecule has 30 heavy (non-hydrogen) atoms. The third-order valence-electron chi connectivity index (χ3n) is 7.31. The number of carbonyl (C=O) groups excluding carboxylic acids is 3. The summed E-state index contributed by atoms with van der Waals surface area (Å²) in [5.41, 5.74) is 0.511. The SMILES string of the molecule is CC1=CC2C=C(CO)C(C)C3C(CC(C)C)NC(=O)C23C(=O)CCC(O)C(=O)CC1. The largest absolute Gasteiger partial charge is 0.392 e. The number of hydrogen-bond acceptors (Lipinski definition) is 5. The molecule has 1 spiro atoms. The van der Waals surface area contributed by atoms with E-state index >= 15 is 0 Å². The van der Waals surface area contributed by atoms with E-state index in [2.05, 4.69) is 19.2 Å². The van der Waals surface area contributed by atoms with Gasteiger partial charge in [0, 0.05) is 30.7 Å². The van der Waals surface area contributed by atoms with Crippen molar-refractivity contribution < 1.29 is 24.6 Å². The first-order chi connectivity index (χ1) is 14.1. The number of carbonyl (C=O) groups is 3. The minimum atomic E-state index is -1.26. The zero-order chi connectivity index (χ0) is 22.2. The number of aliphatic hydroxyl groups is 2. The highest BCUT2D eigenvalue weighted by molar-refractivity contribution is 6.09. The first-order valence-electron chi connectivity index (χ1n) is 11.2. The van der Waals surface area contributed by atoms with Crippen LogP contribution in [0.2, 0.25) is 0 Å². The highest BCUT2D eigenvalue weighted by Gasteiger charge is 2.65. The number of hydrogen-bond donors (Lipinski definition) is 3. The minimum absolute atomic E-state index is 0.0103. The van der Waals surface area contributed by atoms with E-state index in [1.165, 1.54) is 0 Å². The van der Waals surface area contributed by atoms with Crippen molar-refractivity contribution in [1.29, 1.82) is 0 Å². The third kappa shape index (κ3) is 3.80. The predicted molar refractivity (Wildman–Crippen MR) is 113 cm³/mol. The van der Waals surface area contributed by atoms with E-state index in [1.807, 2.05) is 26.0 Å². The monoisotopic (exact) mass is 417 g/mol. The van der Waals surface area contributed by atoms with Gasteiger partial charge in [-0.3, -0.25) is 14.4 Å². The molecule has 1 aliphatic heterocycles. The van der Waals surface area contributed by atoms with Gasteiger partial charge in [0.1, 0.15) is 17.3 Å². The van der Waals surface area contributed by atoms with Crippen LogP contribution in [0.15, 0.2) is 23.3 Å². The fraction of sp³-hybridized carbons (Fsp3) is 0.708. The molecule has 0 saturated carbocycles. The van der Waals surface area contributed by atoms with Crippen molar-refractivity contribution >= 4 is 17.5 Å². The Balaban J connectivity index is 2.18. The average molecular weight is 418 g/mol. The second-order valence-corrected chi connectivity index (χ2v) is 9.78. The van der Waals surface area contributed by atoms with Crippen LogP contribution in [-0.2, 0) is 14.4 Å². The molecule has 1 fully saturated rings. The summed E-state index contributed by atoms with van der Waals surface area (Å²) in [6, 6.07) is -0.153. The molecule has 0 aromatic rings. The van der Waals surface area contributed by atoms with Crippen LogP contribution in [-0.4, -0.2) is 46.4 Å². The van der Waals surface area contributed by atoms with Crippen LogP contribution in [0.4, 0.5) is 0 Å². The number of amides is 1. The quantitative estimate of drug-likeness (QED) is 0.483. The molecule has 0 bridgehead atoms. The summed E-state index contributed by atoms with van der Waals surface area (Å²) < 4.78 is 0. The van der Waals surface area contributed by atoms with Gasteiger partial charge in [-0.2, -0.15) is 0 Å². The smallest absolute Gasteiger partial charge is 0.235 e. The van der Waals surface area contributed by atoms with Gasteiger partial charge in [0.2, 0.25) is 5.91 Å². The van der Waals surface area contributed by atoms with Gasteiger partial charge >= 0.3 is 0 Å². The number of ketones is 2. The van der Waals surface area contributed by atoms with Crippen molar-refractivity contribution in [3.8, 4) is 0 Å². The zero-order valence-corrected chi connectivity index (χ0v) is 18.5. The topological polar surface area (TPSA) is 104 Å². The van der Waals surface area contributed by atoms with Crippen molar-refractivity contribution in [2.24, 2.45) is 29.1 Å². The molecule has 6 unspecified atom stereocenters. The molecular weight excluding hydrogens is 382 g/mol. The van der Waals surface area contributed by atoms with Gasteiger partial charge in [-0.15, -0.1) is 0 Å². The standard InChI is InChI=1S/C24H35NO5/c1-13(2)9-18-22-15(4)16(12-26)11-17-10-14(3)5-6-19(27)20(28)7-8-21(29)24(17,22)23(30)25-18/h10-11,13,15,17-18,20,22,26,28H,5-9,12H2,1-4H3,(H,25,30). The molecule has 0 aromatic heterocycles. The summed E-state index contributed by atoms with van der Waals surface area (Å²) in [5, 5.41) is 23.4. The van der Waals surface area contributed by atoms with Gasteiger partial charge < -0.3 is 15.5 Å². The van der Waals surface area contributed by atoms with Gasteiger partial charge in [0.15, 0.2) is 5.78 Å². The molecule has 166 valence electrons. The molecular formula is C24H35NO5. The van der Waals surface area contributed by atoms with E-state index in [0.29, 0.717) is 12.3 Å². The molecule has 1 amide bonds. The molecule has 2 aliphatic carbocycles. The highest BCUT2D eigenvalue weighted by Crippen LogP contribution is 2.55. The highest BCUT2D eigenvalue weighted by atomic mass is 16.3. The van der Waals surface area contributed by atoms with Crippen LogP contribution in [0.5, 0.6) is 0 Å². The molecule has 6 nitrogen and oxygen atoms in total. The average Bonchev–Trinajstić information content (AvgIpc) is 2.97. The summed E-state index contributed by atoms with van der Waals surface area (Å²) >= 11 is 0. The van der Waals surface area contributed by atoms with E-state index in [-0.39, 0.29) is 61.2 Å². The zero-order valence-electron chi connectivity index (χ0n) is 18.5. The summed E-state index contributed by atoms with van der Waals surface area (Å²) in [6.07, 6.45) is 4.16. The predicted octanol–water partition coefficient (Wildman–Crippen LogP) is 2.34. The van der Waals surface area contributed by atoms with Crippen molar-refractivity contribution in [2.75, 3.05) is 6.61 Å². The first-order valence-corrected chi connectivity index (χ1v) is 11.2. The lowest BCUT2D eigenvalue weighted by molar-refractivity contribution is -0.145. The van der Waals surface area contributed by atoms with Crippen LogP contribution in [0, 0.1) is 29.1 Å². The van der Waals surface area contributed by atoms with E-state index in [4.69, 9.17) is 0 Å². The summed E-state index contributed by atoms with van der Waals surface area (Å²) in [4.78, 5) is 39.5. The Bertz CT molecular complexity index is 782. The fourth-order valence-electron chi connectivity index (χ4n) is 5.81. The van der Waals surface area contributed by atoms with Crippen LogP contribution in [0.25, 0.3) is 0 Å². The lowest BCUT2D eigenvalue weighted by Gasteiger charge is -2.45. The Morgan fingerprint density at radius 2 is 1.87 bits per heavy atom. The van der Waals surface area contributed by atoms with E-state index in [0.717, 1.165) is 17.6 Å². The minimum Gasteiger partial charge on any atom is -0.392 e. The van der Waals surface area contributed by atoms with Gasteiger partial charge in [-0.25, -0.2) is 0 Å². The van der Waals surface area contributed by atoms with Crippen molar-refractivity contribution in [3.05, 3.63) is 23.3 Å². The molecule has 6 heteroatoms. The molecule has 3 rings (SSSR count). The summed E-state index contributed by atoms with van der Waals surface area (Å²) in [6.45, 7) is 7.97. The second kappa shape index (κ2) is 8.75.